The zero-order valence-electron chi connectivity index (χ0n) is 10.9. The first-order chi connectivity index (χ1) is 9.28. The first-order valence-electron chi connectivity index (χ1n) is 6.87. The van der Waals surface area contributed by atoms with E-state index in [1.807, 2.05) is 6.07 Å². The molecule has 1 nitrogen and oxygen atoms in total. The van der Waals surface area contributed by atoms with Crippen molar-refractivity contribution in [2.45, 2.75) is 31.7 Å². The Labute approximate surface area is 113 Å². The van der Waals surface area contributed by atoms with Crippen LogP contribution in [0.5, 0.6) is 0 Å². The second kappa shape index (κ2) is 5.14. The highest BCUT2D eigenvalue weighted by atomic mass is 19.1. The first kappa shape index (κ1) is 12.4. The first-order valence-corrected chi connectivity index (χ1v) is 6.87. The Morgan fingerprint density at radius 3 is 2.37 bits per heavy atom. The second-order valence-corrected chi connectivity index (χ2v) is 5.26. The van der Waals surface area contributed by atoms with Gasteiger partial charge in [-0.1, -0.05) is 36.8 Å². The van der Waals surface area contributed by atoms with Crippen molar-refractivity contribution >= 4 is 0 Å². The van der Waals surface area contributed by atoms with Gasteiger partial charge in [0.05, 0.1) is 0 Å². The molecule has 2 aromatic rings. The van der Waals surface area contributed by atoms with Gasteiger partial charge < -0.3 is 5.73 Å². The molecule has 3 rings (SSSR count). The lowest BCUT2D eigenvalue weighted by molar-refractivity contribution is 0.420. The van der Waals surface area contributed by atoms with Gasteiger partial charge in [0.2, 0.25) is 0 Å². The third-order valence-electron chi connectivity index (χ3n) is 4.09. The molecule has 98 valence electrons. The molecule has 0 spiro atoms. The molecule has 0 radical (unpaired) electrons. The minimum absolute atomic E-state index is 0.227. The van der Waals surface area contributed by atoms with Crippen molar-refractivity contribution in [2.75, 3.05) is 0 Å². The summed E-state index contributed by atoms with van der Waals surface area (Å²) in [6, 6.07) is 13.5. The molecule has 1 fully saturated rings. The lowest BCUT2D eigenvalue weighted by Crippen LogP contribution is -2.08. The molecule has 2 heteroatoms. The number of hydrogen-bond acceptors (Lipinski definition) is 1. The van der Waals surface area contributed by atoms with Crippen LogP contribution in [0.15, 0.2) is 42.5 Å². The SMILES string of the molecule is NCc1cc(F)ccc1-c1ccc(C2CCC2)cc1. The van der Waals surface area contributed by atoms with Crippen LogP contribution in [-0.2, 0) is 6.54 Å². The molecule has 0 atom stereocenters. The van der Waals surface area contributed by atoms with E-state index in [0.717, 1.165) is 22.6 Å². The van der Waals surface area contributed by atoms with Crippen molar-refractivity contribution in [1.82, 2.24) is 0 Å². The van der Waals surface area contributed by atoms with Crippen LogP contribution in [0.3, 0.4) is 0 Å². The van der Waals surface area contributed by atoms with Crippen LogP contribution in [0.25, 0.3) is 11.1 Å². The topological polar surface area (TPSA) is 26.0 Å². The fraction of sp³-hybridized carbons (Fsp3) is 0.294. The van der Waals surface area contributed by atoms with Gasteiger partial charge in [-0.25, -0.2) is 4.39 Å². The molecule has 1 saturated carbocycles. The number of halogens is 1. The Hall–Kier alpha value is -1.67. The highest BCUT2D eigenvalue weighted by molar-refractivity contribution is 5.67. The van der Waals surface area contributed by atoms with Crippen LogP contribution < -0.4 is 5.73 Å². The van der Waals surface area contributed by atoms with Crippen molar-refractivity contribution in [3.8, 4) is 11.1 Å². The van der Waals surface area contributed by atoms with E-state index in [4.69, 9.17) is 5.73 Å². The molecular formula is C17H18FN. The molecule has 0 aromatic heterocycles. The summed E-state index contributed by atoms with van der Waals surface area (Å²) in [6.45, 7) is 0.359. The summed E-state index contributed by atoms with van der Waals surface area (Å²) in [6.07, 6.45) is 3.97. The van der Waals surface area contributed by atoms with Gasteiger partial charge in [0.15, 0.2) is 0 Å². The largest absolute Gasteiger partial charge is 0.326 e. The van der Waals surface area contributed by atoms with Crippen LogP contribution in [0.1, 0.15) is 36.3 Å². The Balaban J connectivity index is 1.93. The fourth-order valence-electron chi connectivity index (χ4n) is 2.69. The second-order valence-electron chi connectivity index (χ2n) is 5.26. The zero-order chi connectivity index (χ0) is 13.2. The van der Waals surface area contributed by atoms with Crippen LogP contribution in [-0.4, -0.2) is 0 Å². The maximum atomic E-state index is 13.2. The van der Waals surface area contributed by atoms with E-state index >= 15 is 0 Å². The molecule has 1 aliphatic carbocycles. The Kier molecular flexibility index (Phi) is 3.34. The van der Waals surface area contributed by atoms with Crippen molar-refractivity contribution in [3.05, 3.63) is 59.4 Å². The molecule has 0 unspecified atom stereocenters. The van der Waals surface area contributed by atoms with Gasteiger partial charge in [-0.15, -0.1) is 0 Å². The molecule has 2 aromatic carbocycles. The molecule has 0 amide bonds. The van der Waals surface area contributed by atoms with Gasteiger partial charge in [-0.3, -0.25) is 0 Å². The molecular weight excluding hydrogens is 237 g/mol. The van der Waals surface area contributed by atoms with E-state index < -0.39 is 0 Å². The van der Waals surface area contributed by atoms with Crippen LogP contribution in [0.2, 0.25) is 0 Å². The van der Waals surface area contributed by atoms with E-state index in [2.05, 4.69) is 24.3 Å². The standard InChI is InChI=1S/C17H18FN/c18-16-8-9-17(15(10-16)11-19)14-6-4-13(5-7-14)12-2-1-3-12/h4-10,12H,1-3,11,19H2. The maximum Gasteiger partial charge on any atom is 0.123 e. The van der Waals surface area contributed by atoms with Crippen molar-refractivity contribution in [2.24, 2.45) is 5.73 Å². The predicted molar refractivity (Wildman–Crippen MR) is 76.3 cm³/mol. The Morgan fingerprint density at radius 2 is 1.79 bits per heavy atom. The average molecular weight is 255 g/mol. The molecule has 1 aliphatic rings. The lowest BCUT2D eigenvalue weighted by atomic mass is 9.80. The molecule has 2 N–H and O–H groups in total. The summed E-state index contributed by atoms with van der Waals surface area (Å²) < 4.78 is 13.2. The third-order valence-corrected chi connectivity index (χ3v) is 4.09. The third kappa shape index (κ3) is 2.41. The number of benzene rings is 2. The maximum absolute atomic E-state index is 13.2. The number of nitrogens with two attached hydrogens (primary N) is 1. The van der Waals surface area contributed by atoms with E-state index in [-0.39, 0.29) is 5.82 Å². The van der Waals surface area contributed by atoms with Crippen molar-refractivity contribution in [1.29, 1.82) is 0 Å². The predicted octanol–water partition coefficient (Wildman–Crippen LogP) is 4.22. The Morgan fingerprint density at radius 1 is 1.05 bits per heavy atom. The quantitative estimate of drug-likeness (QED) is 0.873. The van der Waals surface area contributed by atoms with Crippen LogP contribution in [0.4, 0.5) is 4.39 Å². The van der Waals surface area contributed by atoms with Gasteiger partial charge in [-0.05, 0) is 53.1 Å². The van der Waals surface area contributed by atoms with E-state index in [0.29, 0.717) is 6.54 Å². The van der Waals surface area contributed by atoms with E-state index in [9.17, 15) is 4.39 Å². The normalized spacial score (nSPS) is 15.3. The van der Waals surface area contributed by atoms with Gasteiger partial charge in [0.1, 0.15) is 5.82 Å². The van der Waals surface area contributed by atoms with E-state index in [1.165, 1.54) is 37.0 Å². The van der Waals surface area contributed by atoms with Crippen LogP contribution in [0, 0.1) is 5.82 Å². The number of hydrogen-bond donors (Lipinski definition) is 1. The zero-order valence-corrected chi connectivity index (χ0v) is 10.9. The summed E-state index contributed by atoms with van der Waals surface area (Å²) >= 11 is 0. The summed E-state index contributed by atoms with van der Waals surface area (Å²) in [4.78, 5) is 0. The van der Waals surface area contributed by atoms with Crippen molar-refractivity contribution in [3.63, 3.8) is 0 Å². The number of rotatable bonds is 3. The summed E-state index contributed by atoms with van der Waals surface area (Å²) in [7, 11) is 0. The summed E-state index contributed by atoms with van der Waals surface area (Å²) in [5, 5.41) is 0. The molecule has 0 bridgehead atoms. The molecule has 19 heavy (non-hydrogen) atoms. The minimum Gasteiger partial charge on any atom is -0.326 e. The van der Waals surface area contributed by atoms with Crippen molar-refractivity contribution < 1.29 is 4.39 Å². The monoisotopic (exact) mass is 255 g/mol. The van der Waals surface area contributed by atoms with Gasteiger partial charge in [0, 0.05) is 6.54 Å². The van der Waals surface area contributed by atoms with E-state index in [1.54, 1.807) is 0 Å². The fourth-order valence-corrected chi connectivity index (χ4v) is 2.69. The molecule has 0 heterocycles. The van der Waals surface area contributed by atoms with Gasteiger partial charge in [0.25, 0.3) is 0 Å². The Bertz CT molecular complexity index is 570. The minimum atomic E-state index is -0.227. The average Bonchev–Trinajstić information content (AvgIpc) is 2.38. The molecule has 0 aliphatic heterocycles. The summed E-state index contributed by atoms with van der Waals surface area (Å²) in [5.74, 6) is 0.520. The van der Waals surface area contributed by atoms with Gasteiger partial charge >= 0.3 is 0 Å². The lowest BCUT2D eigenvalue weighted by Gasteiger charge is -2.25. The summed E-state index contributed by atoms with van der Waals surface area (Å²) in [5.41, 5.74) is 10.1. The smallest absolute Gasteiger partial charge is 0.123 e. The highest BCUT2D eigenvalue weighted by Crippen LogP contribution is 2.37. The molecule has 0 saturated heterocycles. The highest BCUT2D eigenvalue weighted by Gasteiger charge is 2.19. The van der Waals surface area contributed by atoms with Gasteiger partial charge in [-0.2, -0.15) is 0 Å². The van der Waals surface area contributed by atoms with Crippen LogP contribution >= 0.6 is 0 Å².